The molecule has 1 fully saturated rings. The highest BCUT2D eigenvalue weighted by atomic mass is 32.2. The zero-order chi connectivity index (χ0) is 24.0. The Labute approximate surface area is 195 Å². The smallest absolute Gasteiger partial charge is 0.243 e. The van der Waals surface area contributed by atoms with Gasteiger partial charge in [0.25, 0.3) is 0 Å². The van der Waals surface area contributed by atoms with Crippen molar-refractivity contribution in [1.29, 1.82) is 0 Å². The highest BCUT2D eigenvalue weighted by Crippen LogP contribution is 2.21. The second kappa shape index (κ2) is 11.0. The molecule has 0 bridgehead atoms. The van der Waals surface area contributed by atoms with Crippen LogP contribution in [0.1, 0.15) is 50.9 Å². The summed E-state index contributed by atoms with van der Waals surface area (Å²) in [7, 11) is -3.87. The lowest BCUT2D eigenvalue weighted by Crippen LogP contribution is -2.55. The number of sulfonamides is 1. The lowest BCUT2D eigenvalue weighted by molar-refractivity contribution is -0.142. The van der Waals surface area contributed by atoms with Crippen molar-refractivity contribution in [3.05, 3.63) is 54.0 Å². The normalized spacial score (nSPS) is 15.5. The Morgan fingerprint density at radius 1 is 1.12 bits per heavy atom. The number of amides is 2. The third-order valence-corrected chi connectivity index (χ3v) is 7.33. The van der Waals surface area contributed by atoms with Crippen LogP contribution in [0.5, 0.6) is 0 Å². The summed E-state index contributed by atoms with van der Waals surface area (Å²) in [6, 6.07) is 9.17. The van der Waals surface area contributed by atoms with Crippen molar-refractivity contribution >= 4 is 21.8 Å². The summed E-state index contributed by atoms with van der Waals surface area (Å²) in [4.78, 5) is 28.0. The zero-order valence-corrected chi connectivity index (χ0v) is 20.2. The Morgan fingerprint density at radius 2 is 1.79 bits per heavy atom. The van der Waals surface area contributed by atoms with Gasteiger partial charge in [0.2, 0.25) is 21.8 Å². The second-order valence-corrected chi connectivity index (χ2v) is 10.7. The predicted octanol–water partition coefficient (Wildman–Crippen LogP) is 2.98. The van der Waals surface area contributed by atoms with E-state index in [2.05, 4.69) is 10.0 Å². The Morgan fingerprint density at radius 3 is 2.36 bits per heavy atom. The molecule has 2 amide bonds. The van der Waals surface area contributed by atoms with Gasteiger partial charge >= 0.3 is 0 Å². The van der Waals surface area contributed by atoms with Crippen molar-refractivity contribution in [1.82, 2.24) is 14.9 Å². The maximum Gasteiger partial charge on any atom is 0.243 e. The van der Waals surface area contributed by atoms with Crippen LogP contribution in [0.4, 0.5) is 0 Å². The van der Waals surface area contributed by atoms with Crippen LogP contribution in [0.2, 0.25) is 0 Å². The molecule has 0 aliphatic heterocycles. The molecule has 9 heteroatoms. The zero-order valence-electron chi connectivity index (χ0n) is 19.4. The second-order valence-electron chi connectivity index (χ2n) is 8.92. The largest absolute Gasteiger partial charge is 0.467 e. The van der Waals surface area contributed by atoms with E-state index in [0.717, 1.165) is 31.2 Å². The number of benzene rings is 1. The number of nitrogens with zero attached hydrogens (tertiary/aromatic N) is 1. The lowest BCUT2D eigenvalue weighted by Gasteiger charge is -2.34. The van der Waals surface area contributed by atoms with Crippen molar-refractivity contribution in [2.75, 3.05) is 6.54 Å². The molecule has 33 heavy (non-hydrogen) atoms. The first kappa shape index (κ1) is 25.0. The molecular formula is C24H33N3O5S. The van der Waals surface area contributed by atoms with Crippen LogP contribution >= 0.6 is 0 Å². The van der Waals surface area contributed by atoms with Crippen LogP contribution in [0, 0.1) is 12.8 Å². The van der Waals surface area contributed by atoms with Gasteiger partial charge in [-0.25, -0.2) is 13.1 Å². The van der Waals surface area contributed by atoms with E-state index in [1.165, 1.54) is 23.3 Å². The molecule has 2 N–H and O–H groups in total. The molecule has 180 valence electrons. The van der Waals surface area contributed by atoms with E-state index in [0.29, 0.717) is 5.76 Å². The van der Waals surface area contributed by atoms with Gasteiger partial charge in [-0.1, -0.05) is 44.4 Å². The van der Waals surface area contributed by atoms with Crippen LogP contribution in [-0.4, -0.2) is 43.8 Å². The van der Waals surface area contributed by atoms with Crippen molar-refractivity contribution in [3.8, 4) is 0 Å². The Hall–Kier alpha value is -2.65. The average molecular weight is 476 g/mol. The fourth-order valence-corrected chi connectivity index (χ4v) is 5.11. The summed E-state index contributed by atoms with van der Waals surface area (Å²) < 4.78 is 33.1. The monoisotopic (exact) mass is 475 g/mol. The minimum absolute atomic E-state index is 0.0685. The van der Waals surface area contributed by atoms with Crippen LogP contribution in [0.15, 0.2) is 52.0 Å². The minimum Gasteiger partial charge on any atom is -0.467 e. The molecular weight excluding hydrogens is 442 g/mol. The van der Waals surface area contributed by atoms with Gasteiger partial charge in [-0.3, -0.25) is 9.59 Å². The molecule has 1 aromatic heterocycles. The van der Waals surface area contributed by atoms with E-state index >= 15 is 0 Å². The van der Waals surface area contributed by atoms with Crippen LogP contribution in [-0.2, 0) is 26.2 Å². The molecule has 0 spiro atoms. The number of rotatable bonds is 10. The van der Waals surface area contributed by atoms with E-state index < -0.39 is 28.5 Å². The Kier molecular flexibility index (Phi) is 8.31. The highest BCUT2D eigenvalue weighted by Gasteiger charge is 2.35. The molecule has 1 aliphatic carbocycles. The molecule has 1 saturated carbocycles. The van der Waals surface area contributed by atoms with Crippen molar-refractivity contribution in [2.45, 2.75) is 70.0 Å². The number of hydrogen-bond donors (Lipinski definition) is 2. The first-order valence-corrected chi connectivity index (χ1v) is 12.8. The Bertz CT molecular complexity index is 1030. The predicted molar refractivity (Wildman–Crippen MR) is 125 cm³/mol. The molecule has 0 unspecified atom stereocenters. The standard InChI is InChI=1S/C24H33N3O5S/c1-17(2)23(24(29)26-19-7-4-5-8-19)27(16-20-9-6-14-32-20)22(28)15-25-33(30,31)21-12-10-18(3)11-13-21/h6,9-14,17,19,23,25H,4-5,7-8,15-16H2,1-3H3,(H,26,29)/t23-/m0/s1. The SMILES string of the molecule is Cc1ccc(S(=O)(=O)NCC(=O)N(Cc2ccco2)[C@H](C(=O)NC2CCCC2)C(C)C)cc1. The molecule has 1 atom stereocenters. The third-order valence-electron chi connectivity index (χ3n) is 5.91. The molecule has 1 aliphatic rings. The summed E-state index contributed by atoms with van der Waals surface area (Å²) in [6.45, 7) is 5.22. The van der Waals surface area contributed by atoms with Gasteiger partial charge in [0.1, 0.15) is 11.8 Å². The van der Waals surface area contributed by atoms with Gasteiger partial charge in [0.05, 0.1) is 24.2 Å². The first-order chi connectivity index (χ1) is 15.7. The van der Waals surface area contributed by atoms with Gasteiger partial charge in [-0.2, -0.15) is 0 Å². The van der Waals surface area contributed by atoms with Crippen molar-refractivity contribution in [3.63, 3.8) is 0 Å². The van der Waals surface area contributed by atoms with Gasteiger partial charge in [0, 0.05) is 6.04 Å². The van der Waals surface area contributed by atoms with E-state index in [9.17, 15) is 18.0 Å². The van der Waals surface area contributed by atoms with E-state index in [1.807, 2.05) is 20.8 Å². The number of carbonyl (C=O) groups is 2. The molecule has 3 rings (SSSR count). The number of hydrogen-bond acceptors (Lipinski definition) is 5. The van der Waals surface area contributed by atoms with E-state index in [1.54, 1.807) is 24.3 Å². The average Bonchev–Trinajstić information content (AvgIpc) is 3.46. The van der Waals surface area contributed by atoms with Crippen molar-refractivity contribution in [2.24, 2.45) is 5.92 Å². The fraction of sp³-hybridized carbons (Fsp3) is 0.500. The maximum atomic E-state index is 13.3. The van der Waals surface area contributed by atoms with Gasteiger partial charge < -0.3 is 14.6 Å². The topological polar surface area (TPSA) is 109 Å². The molecule has 1 heterocycles. The Balaban J connectivity index is 1.78. The minimum atomic E-state index is -3.87. The summed E-state index contributed by atoms with van der Waals surface area (Å²) in [6.07, 6.45) is 5.51. The van der Waals surface area contributed by atoms with Gasteiger partial charge in [-0.05, 0) is 49.9 Å². The van der Waals surface area contributed by atoms with Gasteiger partial charge in [-0.15, -0.1) is 0 Å². The van der Waals surface area contributed by atoms with E-state index in [-0.39, 0.29) is 29.3 Å². The molecule has 0 saturated heterocycles. The summed E-state index contributed by atoms with van der Waals surface area (Å²) >= 11 is 0. The highest BCUT2D eigenvalue weighted by molar-refractivity contribution is 7.89. The first-order valence-electron chi connectivity index (χ1n) is 11.4. The van der Waals surface area contributed by atoms with Gasteiger partial charge in [0.15, 0.2) is 0 Å². The molecule has 0 radical (unpaired) electrons. The van der Waals surface area contributed by atoms with Crippen LogP contribution in [0.3, 0.4) is 0 Å². The quantitative estimate of drug-likeness (QED) is 0.549. The number of carbonyl (C=O) groups excluding carboxylic acids is 2. The summed E-state index contributed by atoms with van der Waals surface area (Å²) in [5.41, 5.74) is 0.933. The third kappa shape index (κ3) is 6.68. The fourth-order valence-electron chi connectivity index (χ4n) is 4.13. The van der Waals surface area contributed by atoms with Crippen molar-refractivity contribution < 1.29 is 22.4 Å². The van der Waals surface area contributed by atoms with E-state index in [4.69, 9.17) is 4.42 Å². The molecule has 8 nitrogen and oxygen atoms in total. The lowest BCUT2D eigenvalue weighted by atomic mass is 10.00. The number of nitrogens with one attached hydrogen (secondary N) is 2. The maximum absolute atomic E-state index is 13.3. The molecule has 2 aromatic rings. The molecule has 1 aromatic carbocycles. The summed E-state index contributed by atoms with van der Waals surface area (Å²) in [5.74, 6) is -0.386. The number of aryl methyl sites for hydroxylation is 1. The number of furan rings is 1. The van der Waals surface area contributed by atoms with Crippen LogP contribution in [0.25, 0.3) is 0 Å². The summed E-state index contributed by atoms with van der Waals surface area (Å²) in [5, 5.41) is 3.08. The van der Waals surface area contributed by atoms with Crippen LogP contribution < -0.4 is 10.0 Å².